The van der Waals surface area contributed by atoms with Gasteiger partial charge in [-0.2, -0.15) is 10.4 Å². The summed E-state index contributed by atoms with van der Waals surface area (Å²) in [6.45, 7) is 0.616. The molecule has 26 heavy (non-hydrogen) atoms. The molecule has 2 aromatic carbocycles. The molecule has 1 aliphatic rings. The van der Waals surface area contributed by atoms with E-state index < -0.39 is 0 Å². The molecule has 1 aliphatic heterocycles. The van der Waals surface area contributed by atoms with E-state index in [9.17, 15) is 4.79 Å². The Bertz CT molecular complexity index is 1030. The summed E-state index contributed by atoms with van der Waals surface area (Å²) >= 11 is 0. The minimum absolute atomic E-state index is 0.0899. The summed E-state index contributed by atoms with van der Waals surface area (Å²) in [6, 6.07) is 20.1. The highest BCUT2D eigenvalue weighted by molar-refractivity contribution is 6.07. The Kier molecular flexibility index (Phi) is 4.24. The topological polar surface area (TPSA) is 70.2 Å². The smallest absolute Gasteiger partial charge is 0.248 e. The molecule has 5 heteroatoms. The number of hydrazone groups is 1. The van der Waals surface area contributed by atoms with Gasteiger partial charge in [0, 0.05) is 30.1 Å². The summed E-state index contributed by atoms with van der Waals surface area (Å²) in [6.07, 6.45) is 3.01. The quantitative estimate of drug-likeness (QED) is 0.787. The number of nitrogens with zero attached hydrogens (tertiary/aromatic N) is 3. The van der Waals surface area contributed by atoms with Gasteiger partial charge in [0.05, 0.1) is 24.1 Å². The number of rotatable bonds is 4. The number of carbonyl (C=O) groups is 1. The lowest BCUT2D eigenvalue weighted by atomic mass is 9.89. The van der Waals surface area contributed by atoms with Crippen LogP contribution in [-0.4, -0.2) is 16.2 Å². The molecule has 0 aliphatic carbocycles. The molecule has 3 aromatic rings. The second-order valence-electron chi connectivity index (χ2n) is 6.36. The molecule has 2 heterocycles. The first kappa shape index (κ1) is 16.1. The van der Waals surface area contributed by atoms with Gasteiger partial charge in [-0.1, -0.05) is 48.5 Å². The Morgan fingerprint density at radius 3 is 2.73 bits per heavy atom. The van der Waals surface area contributed by atoms with Gasteiger partial charge in [0.1, 0.15) is 0 Å². The Balaban J connectivity index is 1.74. The van der Waals surface area contributed by atoms with E-state index >= 15 is 0 Å². The monoisotopic (exact) mass is 342 g/mol. The molecule has 0 fully saturated rings. The van der Waals surface area contributed by atoms with E-state index in [-0.39, 0.29) is 11.8 Å². The van der Waals surface area contributed by atoms with Crippen molar-refractivity contribution in [1.82, 2.24) is 9.99 Å². The van der Waals surface area contributed by atoms with Crippen molar-refractivity contribution in [2.75, 3.05) is 0 Å². The third-order valence-corrected chi connectivity index (χ3v) is 4.78. The average Bonchev–Trinajstić information content (AvgIpc) is 3.06. The van der Waals surface area contributed by atoms with E-state index in [4.69, 9.17) is 5.26 Å². The largest absolute Gasteiger partial charge is 0.346 e. The van der Waals surface area contributed by atoms with Crippen LogP contribution in [0, 0.1) is 11.3 Å². The maximum atomic E-state index is 12.6. The minimum atomic E-state index is -0.295. The molecule has 0 spiro atoms. The minimum Gasteiger partial charge on any atom is -0.346 e. The molecule has 0 radical (unpaired) electrons. The van der Waals surface area contributed by atoms with Gasteiger partial charge in [-0.05, 0) is 17.2 Å². The summed E-state index contributed by atoms with van der Waals surface area (Å²) in [4.78, 5) is 12.6. The number of nitrogens with one attached hydrogen (secondary N) is 1. The van der Waals surface area contributed by atoms with E-state index in [1.807, 2.05) is 60.8 Å². The van der Waals surface area contributed by atoms with Gasteiger partial charge in [-0.3, -0.25) is 4.79 Å². The molecule has 1 N–H and O–H groups in total. The first-order valence-corrected chi connectivity index (χ1v) is 8.64. The molecule has 4 rings (SSSR count). The lowest BCUT2D eigenvalue weighted by Crippen LogP contribution is -2.33. The van der Waals surface area contributed by atoms with Crippen molar-refractivity contribution < 1.29 is 4.79 Å². The highest BCUT2D eigenvalue weighted by Crippen LogP contribution is 2.32. The molecular weight excluding hydrogens is 324 g/mol. The maximum Gasteiger partial charge on any atom is 0.248 e. The van der Waals surface area contributed by atoms with Crippen molar-refractivity contribution in [2.45, 2.75) is 25.3 Å². The predicted molar refractivity (Wildman–Crippen MR) is 101 cm³/mol. The van der Waals surface area contributed by atoms with Crippen molar-refractivity contribution >= 4 is 22.5 Å². The van der Waals surface area contributed by atoms with Crippen molar-refractivity contribution in [2.24, 2.45) is 5.10 Å². The molecule has 5 nitrogen and oxygen atoms in total. The van der Waals surface area contributed by atoms with Crippen LogP contribution in [-0.2, 0) is 11.3 Å². The van der Waals surface area contributed by atoms with Crippen molar-refractivity contribution in [3.05, 3.63) is 71.9 Å². The van der Waals surface area contributed by atoms with E-state index in [0.29, 0.717) is 19.4 Å². The SMILES string of the molecule is N#CCCn1cc(C2CC(c3ccccc3)=NNC2=O)c2ccccc21. The number of hydrogen-bond donors (Lipinski definition) is 1. The lowest BCUT2D eigenvalue weighted by molar-refractivity contribution is -0.122. The van der Waals surface area contributed by atoms with Crippen molar-refractivity contribution in [3.63, 3.8) is 0 Å². The maximum absolute atomic E-state index is 12.6. The molecule has 1 unspecified atom stereocenters. The van der Waals surface area contributed by atoms with E-state index in [2.05, 4.69) is 21.2 Å². The molecule has 128 valence electrons. The van der Waals surface area contributed by atoms with Crippen molar-refractivity contribution in [1.29, 1.82) is 5.26 Å². The van der Waals surface area contributed by atoms with Gasteiger partial charge in [0.15, 0.2) is 0 Å². The molecular formula is C21H18N4O. The fourth-order valence-corrected chi connectivity index (χ4v) is 3.50. The first-order valence-electron chi connectivity index (χ1n) is 8.64. The number of nitriles is 1. The number of aromatic nitrogens is 1. The number of aryl methyl sites for hydroxylation is 1. The number of benzene rings is 2. The summed E-state index contributed by atoms with van der Waals surface area (Å²) in [5, 5.41) is 14.2. The number of para-hydroxylation sites is 1. The van der Waals surface area contributed by atoms with E-state index in [1.54, 1.807) is 0 Å². The number of amides is 1. The van der Waals surface area contributed by atoms with Crippen LogP contribution in [0.4, 0.5) is 0 Å². The number of carbonyl (C=O) groups excluding carboxylic acids is 1. The zero-order valence-corrected chi connectivity index (χ0v) is 14.2. The molecule has 0 saturated carbocycles. The first-order chi connectivity index (χ1) is 12.8. The summed E-state index contributed by atoms with van der Waals surface area (Å²) < 4.78 is 2.06. The van der Waals surface area contributed by atoms with Gasteiger partial charge >= 0.3 is 0 Å². The highest BCUT2D eigenvalue weighted by atomic mass is 16.2. The summed E-state index contributed by atoms with van der Waals surface area (Å²) in [5.74, 6) is -0.385. The van der Waals surface area contributed by atoms with Crippen molar-refractivity contribution in [3.8, 4) is 6.07 Å². The van der Waals surface area contributed by atoms with E-state index in [0.717, 1.165) is 27.7 Å². The standard InChI is InChI=1S/C21H18N4O/c22-11-6-12-25-14-18(16-9-4-5-10-20(16)25)17-13-19(23-24-21(17)26)15-7-2-1-3-8-15/h1-5,7-10,14,17H,6,12-13H2,(H,24,26). The molecule has 1 amide bonds. The summed E-state index contributed by atoms with van der Waals surface area (Å²) in [7, 11) is 0. The van der Waals surface area contributed by atoms with Gasteiger partial charge in [-0.25, -0.2) is 5.43 Å². The third-order valence-electron chi connectivity index (χ3n) is 4.78. The summed E-state index contributed by atoms with van der Waals surface area (Å²) in [5.41, 5.74) is 6.62. The zero-order chi connectivity index (χ0) is 17.9. The van der Waals surface area contributed by atoms with Crippen LogP contribution in [0.3, 0.4) is 0 Å². The van der Waals surface area contributed by atoms with Crippen LogP contribution in [0.1, 0.15) is 29.9 Å². The highest BCUT2D eigenvalue weighted by Gasteiger charge is 2.29. The number of fused-ring (bicyclic) bond motifs is 1. The lowest BCUT2D eigenvalue weighted by Gasteiger charge is -2.21. The molecule has 0 bridgehead atoms. The zero-order valence-electron chi connectivity index (χ0n) is 14.2. The molecule has 1 aromatic heterocycles. The molecule has 1 atom stereocenters. The second kappa shape index (κ2) is 6.85. The fourth-order valence-electron chi connectivity index (χ4n) is 3.50. The van der Waals surface area contributed by atoms with Gasteiger partial charge in [0.25, 0.3) is 0 Å². The van der Waals surface area contributed by atoms with E-state index in [1.165, 1.54) is 0 Å². The second-order valence-corrected chi connectivity index (χ2v) is 6.36. The Labute approximate surface area is 151 Å². The van der Waals surface area contributed by atoms with Crippen LogP contribution in [0.2, 0.25) is 0 Å². The Hall–Kier alpha value is -3.39. The fraction of sp³-hybridized carbons (Fsp3) is 0.190. The Morgan fingerprint density at radius 2 is 1.92 bits per heavy atom. The van der Waals surface area contributed by atoms with Gasteiger partial charge in [-0.15, -0.1) is 0 Å². The predicted octanol–water partition coefficient (Wildman–Crippen LogP) is 3.56. The normalized spacial score (nSPS) is 16.8. The number of hydrogen-bond acceptors (Lipinski definition) is 3. The molecule has 0 saturated heterocycles. The van der Waals surface area contributed by atoms with Crippen LogP contribution in [0.5, 0.6) is 0 Å². The van der Waals surface area contributed by atoms with Crippen LogP contribution >= 0.6 is 0 Å². The van der Waals surface area contributed by atoms with Gasteiger partial charge in [0.2, 0.25) is 5.91 Å². The van der Waals surface area contributed by atoms with Crippen LogP contribution < -0.4 is 5.43 Å². The Morgan fingerprint density at radius 1 is 1.15 bits per heavy atom. The third kappa shape index (κ3) is 2.86. The van der Waals surface area contributed by atoms with Gasteiger partial charge < -0.3 is 4.57 Å². The van der Waals surface area contributed by atoms with Crippen LogP contribution in [0.15, 0.2) is 65.9 Å². The average molecular weight is 342 g/mol. The van der Waals surface area contributed by atoms with Crippen LogP contribution in [0.25, 0.3) is 10.9 Å².